The zero-order chi connectivity index (χ0) is 10.3. The van der Waals surface area contributed by atoms with Crippen LogP contribution in [0, 0.1) is 17.5 Å². The third kappa shape index (κ3) is 1.29. The van der Waals surface area contributed by atoms with Crippen LogP contribution in [0.25, 0.3) is 0 Å². The van der Waals surface area contributed by atoms with Gasteiger partial charge in [-0.1, -0.05) is 0 Å². The summed E-state index contributed by atoms with van der Waals surface area (Å²) in [5.74, 6) is -3.32. The molecule has 1 saturated heterocycles. The fraction of sp³-hybridized carbons (Fsp3) is 0.333. The Labute approximate surface area is 78.4 Å². The third-order valence-electron chi connectivity index (χ3n) is 2.35. The van der Waals surface area contributed by atoms with Gasteiger partial charge in [-0.3, -0.25) is 0 Å². The number of hydrogen-bond donors (Lipinski definition) is 2. The fourth-order valence-corrected chi connectivity index (χ4v) is 1.43. The van der Waals surface area contributed by atoms with Crippen LogP contribution in [-0.2, 0) is 5.60 Å². The van der Waals surface area contributed by atoms with Crippen molar-refractivity contribution in [2.45, 2.75) is 5.60 Å². The van der Waals surface area contributed by atoms with E-state index >= 15 is 0 Å². The maximum atomic E-state index is 13.2. The Morgan fingerprint density at radius 1 is 1.07 bits per heavy atom. The third-order valence-corrected chi connectivity index (χ3v) is 2.35. The first-order valence-corrected chi connectivity index (χ1v) is 4.11. The second-order valence-corrected chi connectivity index (χ2v) is 3.38. The monoisotopic (exact) mass is 203 g/mol. The van der Waals surface area contributed by atoms with E-state index in [4.69, 9.17) is 0 Å². The first-order chi connectivity index (χ1) is 6.53. The van der Waals surface area contributed by atoms with Gasteiger partial charge in [-0.05, 0) is 6.07 Å². The van der Waals surface area contributed by atoms with E-state index in [1.54, 1.807) is 0 Å². The number of rotatable bonds is 1. The zero-order valence-corrected chi connectivity index (χ0v) is 7.15. The van der Waals surface area contributed by atoms with Crippen molar-refractivity contribution in [1.82, 2.24) is 5.32 Å². The molecule has 0 aromatic heterocycles. The first kappa shape index (κ1) is 9.48. The molecule has 2 rings (SSSR count). The van der Waals surface area contributed by atoms with Crippen LogP contribution >= 0.6 is 0 Å². The van der Waals surface area contributed by atoms with Crippen molar-refractivity contribution in [3.8, 4) is 0 Å². The lowest BCUT2D eigenvalue weighted by Crippen LogP contribution is -2.57. The van der Waals surface area contributed by atoms with Crippen molar-refractivity contribution in [3.05, 3.63) is 35.1 Å². The normalized spacial score (nSPS) is 19.1. The lowest BCUT2D eigenvalue weighted by atomic mass is 9.88. The molecule has 5 heteroatoms. The van der Waals surface area contributed by atoms with Crippen molar-refractivity contribution in [2.75, 3.05) is 13.1 Å². The lowest BCUT2D eigenvalue weighted by Gasteiger charge is -2.38. The van der Waals surface area contributed by atoms with E-state index in [1.165, 1.54) is 0 Å². The molecule has 0 spiro atoms. The molecule has 0 amide bonds. The van der Waals surface area contributed by atoms with Gasteiger partial charge in [-0.25, -0.2) is 13.2 Å². The van der Waals surface area contributed by atoms with Crippen LogP contribution in [0.1, 0.15) is 5.56 Å². The Bertz CT molecular complexity index is 377. The van der Waals surface area contributed by atoms with Crippen LogP contribution in [0.2, 0.25) is 0 Å². The summed E-state index contributed by atoms with van der Waals surface area (Å²) >= 11 is 0. The van der Waals surface area contributed by atoms with Gasteiger partial charge < -0.3 is 10.4 Å². The van der Waals surface area contributed by atoms with Crippen molar-refractivity contribution >= 4 is 0 Å². The average molecular weight is 203 g/mol. The Hall–Kier alpha value is -1.07. The number of aliphatic hydroxyl groups is 1. The zero-order valence-electron chi connectivity index (χ0n) is 7.15. The van der Waals surface area contributed by atoms with Gasteiger partial charge in [-0.2, -0.15) is 0 Å². The van der Waals surface area contributed by atoms with Crippen LogP contribution in [-0.4, -0.2) is 18.2 Å². The number of hydrogen-bond acceptors (Lipinski definition) is 2. The van der Waals surface area contributed by atoms with Gasteiger partial charge in [0, 0.05) is 24.7 Å². The molecule has 1 aliphatic heterocycles. The second kappa shape index (κ2) is 2.96. The molecule has 1 fully saturated rings. The van der Waals surface area contributed by atoms with Crippen molar-refractivity contribution in [1.29, 1.82) is 0 Å². The molecule has 0 aliphatic carbocycles. The predicted molar refractivity (Wildman–Crippen MR) is 43.1 cm³/mol. The van der Waals surface area contributed by atoms with Crippen molar-refractivity contribution < 1.29 is 18.3 Å². The minimum Gasteiger partial charge on any atom is -0.382 e. The molecule has 76 valence electrons. The molecule has 0 radical (unpaired) electrons. The topological polar surface area (TPSA) is 32.3 Å². The largest absolute Gasteiger partial charge is 0.382 e. The lowest BCUT2D eigenvalue weighted by molar-refractivity contribution is -0.0180. The average Bonchev–Trinajstić information content (AvgIpc) is 2.07. The van der Waals surface area contributed by atoms with Gasteiger partial charge >= 0.3 is 0 Å². The van der Waals surface area contributed by atoms with Gasteiger partial charge in [0.25, 0.3) is 0 Å². The quantitative estimate of drug-likeness (QED) is 0.664. The van der Waals surface area contributed by atoms with Gasteiger partial charge in [0.15, 0.2) is 11.6 Å². The van der Waals surface area contributed by atoms with Crippen LogP contribution in [0.15, 0.2) is 12.1 Å². The fourth-order valence-electron chi connectivity index (χ4n) is 1.43. The standard InChI is InChI=1S/C9H8F3NO/c10-6-2-8(12)7(11)1-5(6)9(14)3-13-4-9/h1-2,13-14H,3-4H2. The summed E-state index contributed by atoms with van der Waals surface area (Å²) in [4.78, 5) is 0. The maximum absolute atomic E-state index is 13.2. The molecule has 2 nitrogen and oxygen atoms in total. The summed E-state index contributed by atoms with van der Waals surface area (Å²) in [7, 11) is 0. The van der Waals surface area contributed by atoms with E-state index in [-0.39, 0.29) is 18.7 Å². The van der Waals surface area contributed by atoms with E-state index in [1.807, 2.05) is 0 Å². The predicted octanol–water partition coefficient (Wildman–Crippen LogP) is 0.895. The molecule has 0 unspecified atom stereocenters. The maximum Gasteiger partial charge on any atom is 0.161 e. The van der Waals surface area contributed by atoms with Crippen molar-refractivity contribution in [3.63, 3.8) is 0 Å². The Balaban J connectivity index is 2.48. The highest BCUT2D eigenvalue weighted by Gasteiger charge is 2.39. The Kier molecular flexibility index (Phi) is 2.01. The molecule has 1 aromatic carbocycles. The molecular weight excluding hydrogens is 195 g/mol. The molecule has 14 heavy (non-hydrogen) atoms. The molecule has 1 aromatic rings. The highest BCUT2D eigenvalue weighted by Crippen LogP contribution is 2.28. The van der Waals surface area contributed by atoms with Crippen molar-refractivity contribution in [2.24, 2.45) is 0 Å². The summed E-state index contributed by atoms with van der Waals surface area (Å²) in [6.07, 6.45) is 0. The summed E-state index contributed by atoms with van der Waals surface area (Å²) in [5, 5.41) is 12.4. The van der Waals surface area contributed by atoms with E-state index in [2.05, 4.69) is 5.32 Å². The van der Waals surface area contributed by atoms with E-state index in [0.717, 1.165) is 0 Å². The van der Waals surface area contributed by atoms with Crippen LogP contribution in [0.4, 0.5) is 13.2 Å². The molecule has 1 heterocycles. The Morgan fingerprint density at radius 2 is 1.64 bits per heavy atom. The number of nitrogens with one attached hydrogen (secondary N) is 1. The molecule has 2 N–H and O–H groups in total. The van der Waals surface area contributed by atoms with E-state index < -0.39 is 23.1 Å². The highest BCUT2D eigenvalue weighted by atomic mass is 19.2. The highest BCUT2D eigenvalue weighted by molar-refractivity contribution is 5.29. The van der Waals surface area contributed by atoms with E-state index in [9.17, 15) is 18.3 Å². The van der Waals surface area contributed by atoms with Gasteiger partial charge in [-0.15, -0.1) is 0 Å². The molecule has 0 saturated carbocycles. The first-order valence-electron chi connectivity index (χ1n) is 4.11. The SMILES string of the molecule is OC1(c2cc(F)c(F)cc2F)CNC1. The van der Waals surface area contributed by atoms with Crippen LogP contribution in [0.5, 0.6) is 0 Å². The number of β-amino-alcohol motifs (C(OH)–C–C–N with tert-alkyl or cyclic N) is 1. The summed E-state index contributed by atoms with van der Waals surface area (Å²) in [6.45, 7) is 0.296. The molecular formula is C9H8F3NO. The van der Waals surface area contributed by atoms with Gasteiger partial charge in [0.05, 0.1) is 0 Å². The summed E-state index contributed by atoms with van der Waals surface area (Å²) < 4.78 is 38.5. The smallest absolute Gasteiger partial charge is 0.161 e. The van der Waals surface area contributed by atoms with E-state index in [0.29, 0.717) is 12.1 Å². The van der Waals surface area contributed by atoms with Gasteiger partial charge in [0.2, 0.25) is 0 Å². The second-order valence-electron chi connectivity index (χ2n) is 3.38. The van der Waals surface area contributed by atoms with Crippen LogP contribution < -0.4 is 5.32 Å². The minimum absolute atomic E-state index is 0.148. The van der Waals surface area contributed by atoms with Gasteiger partial charge in [0.1, 0.15) is 11.4 Å². The summed E-state index contributed by atoms with van der Waals surface area (Å²) in [5.41, 5.74) is -1.60. The molecule has 1 aliphatic rings. The van der Waals surface area contributed by atoms with Crippen LogP contribution in [0.3, 0.4) is 0 Å². The number of halogens is 3. The Morgan fingerprint density at radius 3 is 2.14 bits per heavy atom. The summed E-state index contributed by atoms with van der Waals surface area (Å²) in [6, 6.07) is 1.15. The molecule has 0 bridgehead atoms. The number of benzene rings is 1. The molecule has 0 atom stereocenters. The minimum atomic E-state index is -1.40.